The lowest BCUT2D eigenvalue weighted by atomic mass is 9.94. The molecule has 192 valence electrons. The number of nitrogens with zero attached hydrogens (tertiary/aromatic N) is 3. The summed E-state index contributed by atoms with van der Waals surface area (Å²) < 4.78 is 6.09. The van der Waals surface area contributed by atoms with E-state index in [1.165, 1.54) is 12.0 Å². The molecule has 0 saturated carbocycles. The predicted octanol–water partition coefficient (Wildman–Crippen LogP) is 6.25. The summed E-state index contributed by atoms with van der Waals surface area (Å²) in [5.41, 5.74) is 6.09. The summed E-state index contributed by atoms with van der Waals surface area (Å²) in [7, 11) is 0. The Labute approximate surface area is 224 Å². The van der Waals surface area contributed by atoms with E-state index in [1.54, 1.807) is 6.92 Å². The van der Waals surface area contributed by atoms with Crippen LogP contribution in [0.4, 0.5) is 0 Å². The van der Waals surface area contributed by atoms with Crippen LogP contribution in [-0.4, -0.2) is 52.8 Å². The molecular formula is C31H34ClN3O2. The van der Waals surface area contributed by atoms with Gasteiger partial charge in [-0.3, -0.25) is 14.7 Å². The van der Waals surface area contributed by atoms with E-state index in [4.69, 9.17) is 16.3 Å². The van der Waals surface area contributed by atoms with Gasteiger partial charge in [-0.15, -0.1) is 0 Å². The molecule has 5 nitrogen and oxygen atoms in total. The quantitative estimate of drug-likeness (QED) is 0.332. The molecule has 1 saturated heterocycles. The SMILES string of the molecule is CCN(Cc1ccc(Cl)cc1)[C@@H]1CCN(CCC=C2c3cc(C(C)=O)ccc3OCc3ncccc32)C1. The Morgan fingerprint density at radius 2 is 2.03 bits per heavy atom. The molecule has 0 aliphatic carbocycles. The molecule has 0 N–H and O–H groups in total. The Morgan fingerprint density at radius 3 is 2.81 bits per heavy atom. The molecule has 3 aromatic rings. The summed E-state index contributed by atoms with van der Waals surface area (Å²) in [5.74, 6) is 0.858. The number of carbonyl (C=O) groups is 1. The highest BCUT2D eigenvalue weighted by molar-refractivity contribution is 6.30. The molecule has 0 bridgehead atoms. The number of carbonyl (C=O) groups excluding carboxylic acids is 1. The maximum atomic E-state index is 12.1. The van der Waals surface area contributed by atoms with Crippen LogP contribution in [0.5, 0.6) is 5.75 Å². The molecule has 5 rings (SSSR count). The molecule has 0 amide bonds. The molecule has 37 heavy (non-hydrogen) atoms. The van der Waals surface area contributed by atoms with Gasteiger partial charge in [-0.2, -0.15) is 0 Å². The standard InChI is InChI=1S/C31H34ClN3O2/c1-3-35(19-23-8-11-25(32)12-9-23)26-14-17-34(20-26)16-5-7-27-28-6-4-15-33-30(28)21-37-31-13-10-24(22(2)36)18-29(27)31/h4,6-13,15,18,26H,3,5,14,16-17,19-21H2,1-2H3/t26-/m1/s1. The lowest BCUT2D eigenvalue weighted by molar-refractivity contribution is 0.101. The number of aromatic nitrogens is 1. The third kappa shape index (κ3) is 5.96. The second-order valence-corrected chi connectivity index (χ2v) is 10.3. The van der Waals surface area contributed by atoms with Gasteiger partial charge in [-0.1, -0.05) is 42.8 Å². The predicted molar refractivity (Wildman–Crippen MR) is 149 cm³/mol. The van der Waals surface area contributed by atoms with Crippen LogP contribution in [0.2, 0.25) is 5.02 Å². The van der Waals surface area contributed by atoms with Gasteiger partial charge in [0.15, 0.2) is 5.78 Å². The van der Waals surface area contributed by atoms with Crippen LogP contribution in [0.3, 0.4) is 0 Å². The van der Waals surface area contributed by atoms with E-state index in [-0.39, 0.29) is 5.78 Å². The maximum absolute atomic E-state index is 12.1. The lowest BCUT2D eigenvalue weighted by Crippen LogP contribution is -2.37. The zero-order valence-corrected chi connectivity index (χ0v) is 22.4. The number of ether oxygens (including phenoxy) is 1. The fraction of sp³-hybridized carbons (Fsp3) is 0.355. The molecule has 1 fully saturated rings. The third-order valence-electron chi connectivity index (χ3n) is 7.48. The average molecular weight is 516 g/mol. The van der Waals surface area contributed by atoms with Gasteiger partial charge in [0.25, 0.3) is 0 Å². The van der Waals surface area contributed by atoms with E-state index in [9.17, 15) is 4.79 Å². The fourth-order valence-corrected chi connectivity index (χ4v) is 5.55. The third-order valence-corrected chi connectivity index (χ3v) is 7.74. The number of rotatable bonds is 8. The lowest BCUT2D eigenvalue weighted by Gasteiger charge is -2.28. The van der Waals surface area contributed by atoms with Crippen molar-refractivity contribution >= 4 is 23.0 Å². The van der Waals surface area contributed by atoms with E-state index >= 15 is 0 Å². The molecule has 1 atom stereocenters. The van der Waals surface area contributed by atoms with Gasteiger partial charge in [0, 0.05) is 53.6 Å². The van der Waals surface area contributed by atoms with Crippen molar-refractivity contribution in [3.63, 3.8) is 0 Å². The number of halogens is 1. The molecule has 2 aliphatic rings. The number of benzene rings is 2. The molecule has 3 heterocycles. The Bertz CT molecular complexity index is 1290. The topological polar surface area (TPSA) is 45.7 Å². The first-order chi connectivity index (χ1) is 18.0. The van der Waals surface area contributed by atoms with Crippen molar-refractivity contribution in [3.05, 3.63) is 99.8 Å². The van der Waals surface area contributed by atoms with Gasteiger partial charge in [-0.05, 0) is 80.4 Å². The number of fused-ring (bicyclic) bond motifs is 2. The average Bonchev–Trinajstić information content (AvgIpc) is 3.32. The first-order valence-corrected chi connectivity index (χ1v) is 13.5. The zero-order chi connectivity index (χ0) is 25.8. The molecule has 2 aromatic carbocycles. The van der Waals surface area contributed by atoms with Crippen LogP contribution in [-0.2, 0) is 13.2 Å². The van der Waals surface area contributed by atoms with Gasteiger partial charge in [-0.25, -0.2) is 0 Å². The molecule has 0 spiro atoms. The summed E-state index contributed by atoms with van der Waals surface area (Å²) in [6, 6.07) is 18.6. The minimum Gasteiger partial charge on any atom is -0.487 e. The van der Waals surface area contributed by atoms with Gasteiger partial charge in [0.1, 0.15) is 12.4 Å². The highest BCUT2D eigenvalue weighted by atomic mass is 35.5. The number of hydrogen-bond donors (Lipinski definition) is 0. The van der Waals surface area contributed by atoms with Crippen molar-refractivity contribution in [2.24, 2.45) is 0 Å². The van der Waals surface area contributed by atoms with Gasteiger partial charge in [0.2, 0.25) is 0 Å². The molecular weight excluding hydrogens is 482 g/mol. The van der Waals surface area contributed by atoms with Crippen LogP contribution in [0.25, 0.3) is 5.57 Å². The molecule has 2 aliphatic heterocycles. The molecule has 0 radical (unpaired) electrons. The minimum atomic E-state index is 0.0556. The van der Waals surface area contributed by atoms with E-state index in [0.29, 0.717) is 18.2 Å². The number of hydrogen-bond acceptors (Lipinski definition) is 5. The number of pyridine rings is 1. The molecule has 1 aromatic heterocycles. The van der Waals surface area contributed by atoms with Crippen LogP contribution in [0, 0.1) is 0 Å². The fourth-order valence-electron chi connectivity index (χ4n) is 5.42. The summed E-state index contributed by atoms with van der Waals surface area (Å²) in [6.07, 6.45) is 6.22. The zero-order valence-electron chi connectivity index (χ0n) is 21.6. The van der Waals surface area contributed by atoms with Gasteiger partial charge < -0.3 is 9.64 Å². The van der Waals surface area contributed by atoms with Crippen LogP contribution < -0.4 is 4.74 Å². The molecule has 6 heteroatoms. The number of ketones is 1. The maximum Gasteiger partial charge on any atom is 0.159 e. The van der Waals surface area contributed by atoms with Crippen molar-refractivity contribution in [2.75, 3.05) is 26.2 Å². The Balaban J connectivity index is 1.29. The van der Waals surface area contributed by atoms with Crippen molar-refractivity contribution in [3.8, 4) is 5.75 Å². The van der Waals surface area contributed by atoms with Crippen molar-refractivity contribution in [1.29, 1.82) is 0 Å². The first kappa shape index (κ1) is 25.7. The highest BCUT2D eigenvalue weighted by Gasteiger charge is 2.27. The number of likely N-dealkylation sites (tertiary alicyclic amines) is 1. The minimum absolute atomic E-state index is 0.0556. The normalized spacial score (nSPS) is 18.4. The first-order valence-electron chi connectivity index (χ1n) is 13.1. The second-order valence-electron chi connectivity index (χ2n) is 9.89. The number of likely N-dealkylation sites (N-methyl/N-ethyl adjacent to an activating group) is 1. The largest absolute Gasteiger partial charge is 0.487 e. The van der Waals surface area contributed by atoms with Gasteiger partial charge in [0.05, 0.1) is 5.69 Å². The monoisotopic (exact) mass is 515 g/mol. The summed E-state index contributed by atoms with van der Waals surface area (Å²) in [4.78, 5) is 21.8. The summed E-state index contributed by atoms with van der Waals surface area (Å²) >= 11 is 6.07. The summed E-state index contributed by atoms with van der Waals surface area (Å²) in [5, 5.41) is 0.784. The molecule has 0 unspecified atom stereocenters. The van der Waals surface area contributed by atoms with Crippen molar-refractivity contribution < 1.29 is 9.53 Å². The van der Waals surface area contributed by atoms with Gasteiger partial charge >= 0.3 is 0 Å². The Hall–Kier alpha value is -2.99. The van der Waals surface area contributed by atoms with E-state index in [0.717, 1.165) is 72.3 Å². The highest BCUT2D eigenvalue weighted by Crippen LogP contribution is 2.37. The van der Waals surface area contributed by atoms with Crippen molar-refractivity contribution in [1.82, 2.24) is 14.8 Å². The second kappa shape index (κ2) is 11.6. The number of Topliss-reactive ketones (excluding diaryl/α,β-unsaturated/α-hetero) is 1. The van der Waals surface area contributed by atoms with E-state index in [2.05, 4.69) is 46.0 Å². The smallest absolute Gasteiger partial charge is 0.159 e. The van der Waals surface area contributed by atoms with Crippen LogP contribution in [0.15, 0.2) is 66.9 Å². The van der Waals surface area contributed by atoms with E-state index < -0.39 is 0 Å². The van der Waals surface area contributed by atoms with Crippen molar-refractivity contribution in [2.45, 2.75) is 45.9 Å². The summed E-state index contributed by atoms with van der Waals surface area (Å²) in [6.45, 7) is 9.45. The Kier molecular flexibility index (Phi) is 8.04. The van der Waals surface area contributed by atoms with Crippen LogP contribution >= 0.6 is 11.6 Å². The van der Waals surface area contributed by atoms with E-state index in [1.807, 2.05) is 42.6 Å². The van der Waals surface area contributed by atoms with Crippen LogP contribution in [0.1, 0.15) is 59.4 Å². The Morgan fingerprint density at radius 1 is 1.19 bits per heavy atom.